The molecule has 0 fully saturated rings. The number of rotatable bonds is 13. The highest BCUT2D eigenvalue weighted by Crippen LogP contribution is 2.26. The molecular formula is C30H36BrN3O5S. The molecule has 0 bridgehead atoms. The van der Waals surface area contributed by atoms with Crippen LogP contribution in [-0.4, -0.2) is 50.9 Å². The van der Waals surface area contributed by atoms with E-state index in [1.54, 1.807) is 61.7 Å². The van der Waals surface area contributed by atoms with Crippen LogP contribution >= 0.6 is 15.9 Å². The lowest BCUT2D eigenvalue weighted by Gasteiger charge is -2.33. The van der Waals surface area contributed by atoms with Crippen molar-refractivity contribution in [1.82, 2.24) is 10.2 Å². The summed E-state index contributed by atoms with van der Waals surface area (Å²) in [5.41, 5.74) is 1.09. The molecular weight excluding hydrogens is 594 g/mol. The van der Waals surface area contributed by atoms with Gasteiger partial charge < -0.3 is 15.0 Å². The first-order valence-electron chi connectivity index (χ1n) is 13.2. The van der Waals surface area contributed by atoms with Crippen LogP contribution in [0.2, 0.25) is 0 Å². The third kappa shape index (κ3) is 7.85. The van der Waals surface area contributed by atoms with Crippen molar-refractivity contribution < 1.29 is 22.7 Å². The Morgan fingerprint density at radius 1 is 0.950 bits per heavy atom. The van der Waals surface area contributed by atoms with Crippen LogP contribution < -0.4 is 14.4 Å². The van der Waals surface area contributed by atoms with Crippen molar-refractivity contribution in [2.24, 2.45) is 0 Å². The highest BCUT2D eigenvalue weighted by molar-refractivity contribution is 9.10. The van der Waals surface area contributed by atoms with Crippen LogP contribution in [0.5, 0.6) is 5.75 Å². The molecule has 8 nitrogen and oxygen atoms in total. The first-order valence-corrected chi connectivity index (χ1v) is 15.4. The number of benzene rings is 3. The van der Waals surface area contributed by atoms with Gasteiger partial charge in [0.15, 0.2) is 0 Å². The van der Waals surface area contributed by atoms with Gasteiger partial charge in [-0.2, -0.15) is 0 Å². The summed E-state index contributed by atoms with van der Waals surface area (Å²) in [5, 5.41) is 2.98. The number of carbonyl (C=O) groups is 2. The smallest absolute Gasteiger partial charge is 0.264 e. The van der Waals surface area contributed by atoms with Crippen LogP contribution in [0.3, 0.4) is 0 Å². The van der Waals surface area contributed by atoms with Crippen molar-refractivity contribution in [2.75, 3.05) is 18.0 Å². The van der Waals surface area contributed by atoms with Crippen molar-refractivity contribution in [3.63, 3.8) is 0 Å². The van der Waals surface area contributed by atoms with Gasteiger partial charge >= 0.3 is 0 Å². The number of sulfonamides is 1. The summed E-state index contributed by atoms with van der Waals surface area (Å²) in [5.74, 6) is -0.171. The van der Waals surface area contributed by atoms with Crippen LogP contribution in [-0.2, 0) is 26.2 Å². The highest BCUT2D eigenvalue weighted by atomic mass is 79.9. The predicted octanol–water partition coefficient (Wildman–Crippen LogP) is 5.38. The Balaban J connectivity index is 2.05. The normalized spacial score (nSPS) is 12.7. The third-order valence-electron chi connectivity index (χ3n) is 6.60. The second-order valence-electron chi connectivity index (χ2n) is 9.42. The number of ether oxygens (including phenoxy) is 1. The van der Waals surface area contributed by atoms with Crippen molar-refractivity contribution in [2.45, 2.75) is 57.1 Å². The fourth-order valence-electron chi connectivity index (χ4n) is 4.18. The van der Waals surface area contributed by atoms with E-state index in [-0.39, 0.29) is 23.4 Å². The summed E-state index contributed by atoms with van der Waals surface area (Å²) in [7, 11) is -2.55. The molecule has 0 aliphatic carbocycles. The molecule has 10 heteroatoms. The zero-order valence-electron chi connectivity index (χ0n) is 23.2. The summed E-state index contributed by atoms with van der Waals surface area (Å²) < 4.78 is 34.9. The van der Waals surface area contributed by atoms with E-state index < -0.39 is 28.5 Å². The van der Waals surface area contributed by atoms with Crippen LogP contribution in [0.15, 0.2) is 88.2 Å². The topological polar surface area (TPSA) is 96.0 Å². The van der Waals surface area contributed by atoms with Crippen molar-refractivity contribution in [3.8, 4) is 5.75 Å². The van der Waals surface area contributed by atoms with Crippen LogP contribution in [0.25, 0.3) is 0 Å². The number of hydrogen-bond acceptors (Lipinski definition) is 5. The van der Waals surface area contributed by atoms with Crippen molar-refractivity contribution in [1.29, 1.82) is 0 Å². The fourth-order valence-corrected chi connectivity index (χ4v) is 5.88. The molecule has 0 unspecified atom stereocenters. The average molecular weight is 631 g/mol. The first kappa shape index (κ1) is 31.2. The second-order valence-corrected chi connectivity index (χ2v) is 12.2. The van der Waals surface area contributed by atoms with Crippen LogP contribution in [0.1, 0.15) is 39.2 Å². The highest BCUT2D eigenvalue weighted by Gasteiger charge is 2.34. The molecule has 214 valence electrons. The van der Waals surface area contributed by atoms with E-state index in [1.165, 1.54) is 17.0 Å². The van der Waals surface area contributed by atoms with Gasteiger partial charge in [-0.25, -0.2) is 8.42 Å². The largest absolute Gasteiger partial charge is 0.497 e. The van der Waals surface area contributed by atoms with Crippen molar-refractivity contribution >= 4 is 43.5 Å². The van der Waals surface area contributed by atoms with E-state index in [1.807, 2.05) is 32.9 Å². The van der Waals surface area contributed by atoms with Gasteiger partial charge in [-0.3, -0.25) is 13.9 Å². The van der Waals surface area contributed by atoms with E-state index in [0.717, 1.165) is 20.8 Å². The van der Waals surface area contributed by atoms with Gasteiger partial charge in [-0.05, 0) is 73.9 Å². The minimum absolute atomic E-state index is 0.0617. The number of anilines is 1. The zero-order valence-corrected chi connectivity index (χ0v) is 25.6. The van der Waals surface area contributed by atoms with Crippen molar-refractivity contribution in [3.05, 3.63) is 88.9 Å². The van der Waals surface area contributed by atoms with E-state index >= 15 is 0 Å². The van der Waals surface area contributed by atoms with Crippen LogP contribution in [0, 0.1) is 0 Å². The molecule has 1 N–H and O–H groups in total. The number of halogens is 1. The minimum Gasteiger partial charge on any atom is -0.497 e. The molecule has 2 amide bonds. The molecule has 0 saturated carbocycles. The van der Waals surface area contributed by atoms with Gasteiger partial charge in [-0.15, -0.1) is 0 Å². The van der Waals surface area contributed by atoms with Gasteiger partial charge in [0.1, 0.15) is 18.3 Å². The summed E-state index contributed by atoms with van der Waals surface area (Å²) in [6.07, 6.45) is 1.08. The van der Waals surface area contributed by atoms with Gasteiger partial charge in [-0.1, -0.05) is 60.1 Å². The molecule has 3 aromatic rings. The molecule has 0 radical (unpaired) electrons. The number of amides is 2. The van der Waals surface area contributed by atoms with Gasteiger partial charge in [0.05, 0.1) is 17.7 Å². The molecule has 0 spiro atoms. The van der Waals surface area contributed by atoms with E-state index in [9.17, 15) is 18.0 Å². The van der Waals surface area contributed by atoms with Gasteiger partial charge in [0, 0.05) is 17.1 Å². The predicted molar refractivity (Wildman–Crippen MR) is 161 cm³/mol. The standard InChI is InChI=1S/C30H36BrN3O5S/c1-5-22(3)32-30(36)28(6-2)33(20-23-11-10-12-26(19-23)39-4)29(35)21-34(25-17-15-24(31)16-18-25)40(37,38)27-13-8-7-9-14-27/h7-19,22,28H,5-6,20-21H2,1-4H3,(H,32,36)/t22-,28+/m1/s1. The number of methoxy groups -OCH3 is 1. The fraction of sp³-hybridized carbons (Fsp3) is 0.333. The lowest BCUT2D eigenvalue weighted by Crippen LogP contribution is -2.53. The maximum absolute atomic E-state index is 14.1. The number of nitrogens with one attached hydrogen (secondary N) is 1. The lowest BCUT2D eigenvalue weighted by atomic mass is 10.1. The first-order chi connectivity index (χ1) is 19.1. The van der Waals surface area contributed by atoms with E-state index in [2.05, 4.69) is 21.2 Å². The van der Waals surface area contributed by atoms with Gasteiger partial charge in [0.25, 0.3) is 10.0 Å². The minimum atomic E-state index is -4.10. The second kappa shape index (κ2) is 14.3. The number of carbonyl (C=O) groups excluding carboxylic acids is 2. The summed E-state index contributed by atoms with van der Waals surface area (Å²) >= 11 is 3.38. The Kier molecular flexibility index (Phi) is 11.2. The summed E-state index contributed by atoms with van der Waals surface area (Å²) in [6, 6.07) is 21.1. The van der Waals surface area contributed by atoms with E-state index in [4.69, 9.17) is 4.74 Å². The molecule has 40 heavy (non-hydrogen) atoms. The Labute approximate surface area is 245 Å². The monoisotopic (exact) mass is 629 g/mol. The van der Waals surface area contributed by atoms with E-state index in [0.29, 0.717) is 17.9 Å². The Hall–Kier alpha value is -3.37. The molecule has 3 aromatic carbocycles. The molecule has 0 aliphatic heterocycles. The molecule has 0 aromatic heterocycles. The Morgan fingerprint density at radius 3 is 2.23 bits per heavy atom. The summed E-state index contributed by atoms with van der Waals surface area (Å²) in [6.45, 7) is 5.31. The molecule has 0 aliphatic rings. The Morgan fingerprint density at radius 2 is 1.62 bits per heavy atom. The molecule has 0 saturated heterocycles. The third-order valence-corrected chi connectivity index (χ3v) is 8.92. The summed E-state index contributed by atoms with van der Waals surface area (Å²) in [4.78, 5) is 29.0. The maximum atomic E-state index is 14.1. The quantitative estimate of drug-likeness (QED) is 0.274. The zero-order chi connectivity index (χ0) is 29.3. The lowest BCUT2D eigenvalue weighted by molar-refractivity contribution is -0.140. The molecule has 0 heterocycles. The molecule has 3 rings (SSSR count). The average Bonchev–Trinajstić information content (AvgIpc) is 2.96. The number of hydrogen-bond donors (Lipinski definition) is 1. The Bertz CT molecular complexity index is 1380. The number of nitrogens with zero attached hydrogens (tertiary/aromatic N) is 2. The maximum Gasteiger partial charge on any atom is 0.264 e. The molecule has 2 atom stereocenters. The van der Waals surface area contributed by atoms with Crippen LogP contribution in [0.4, 0.5) is 5.69 Å². The van der Waals surface area contributed by atoms with Gasteiger partial charge in [0.2, 0.25) is 11.8 Å². The SMILES string of the molecule is CC[C@@H](C)NC(=O)[C@H](CC)N(Cc1cccc(OC)c1)C(=O)CN(c1ccc(Br)cc1)S(=O)(=O)c1ccccc1.